The molecule has 2 rings (SSSR count). The van der Waals surface area contributed by atoms with Crippen LogP contribution in [-0.2, 0) is 11.3 Å². The lowest BCUT2D eigenvalue weighted by atomic mass is 10.1. The lowest BCUT2D eigenvalue weighted by Gasteiger charge is -2.18. The number of ether oxygens (including phenoxy) is 1. The molecule has 0 bridgehead atoms. The number of benzene rings is 2. The Morgan fingerprint density at radius 2 is 1.75 bits per heavy atom. The molecule has 0 heterocycles. The molecule has 0 fully saturated rings. The first-order chi connectivity index (χ1) is 9.70. The van der Waals surface area contributed by atoms with Gasteiger partial charge >= 0.3 is 0 Å². The number of rotatable bonds is 6. The average molecular weight is 277 g/mol. The fourth-order valence-corrected chi connectivity index (χ4v) is 1.94. The van der Waals surface area contributed by atoms with Crippen molar-refractivity contribution in [1.29, 1.82) is 0 Å². The quantitative estimate of drug-likeness (QED) is 0.873. The van der Waals surface area contributed by atoms with E-state index in [1.807, 2.05) is 7.05 Å². The highest BCUT2D eigenvalue weighted by Gasteiger charge is 2.12. The number of likely N-dealkylation sites (N-methyl/N-ethyl adjacent to an activating group) is 1. The Labute approximate surface area is 117 Å². The Morgan fingerprint density at radius 3 is 2.40 bits per heavy atom. The Hall–Kier alpha value is -1.78. The molecular weight excluding hydrogens is 260 g/mol. The Bertz CT molecular complexity index is 542. The van der Waals surface area contributed by atoms with Crippen LogP contribution < -0.4 is 5.32 Å². The van der Waals surface area contributed by atoms with E-state index in [2.05, 4.69) is 5.32 Å². The van der Waals surface area contributed by atoms with Crippen LogP contribution in [0, 0.1) is 11.6 Å². The van der Waals surface area contributed by atoms with Gasteiger partial charge in [-0.15, -0.1) is 0 Å². The Kier molecular flexibility index (Phi) is 5.21. The van der Waals surface area contributed by atoms with Gasteiger partial charge < -0.3 is 10.1 Å². The second-order valence-electron chi connectivity index (χ2n) is 4.50. The molecular formula is C16H17F2NO. The van der Waals surface area contributed by atoms with Crippen molar-refractivity contribution in [2.45, 2.75) is 12.7 Å². The van der Waals surface area contributed by atoms with Gasteiger partial charge in [0, 0.05) is 12.1 Å². The molecule has 1 atom stereocenters. The Morgan fingerprint density at radius 1 is 1.05 bits per heavy atom. The van der Waals surface area contributed by atoms with E-state index in [9.17, 15) is 8.78 Å². The molecule has 0 saturated heterocycles. The van der Waals surface area contributed by atoms with E-state index in [1.165, 1.54) is 18.2 Å². The fourth-order valence-electron chi connectivity index (χ4n) is 1.94. The molecule has 2 aromatic rings. The van der Waals surface area contributed by atoms with Crippen molar-refractivity contribution in [3.05, 3.63) is 71.3 Å². The minimum absolute atomic E-state index is 0.177. The molecule has 1 N–H and O–H groups in total. The van der Waals surface area contributed by atoms with E-state index in [-0.39, 0.29) is 24.3 Å². The summed E-state index contributed by atoms with van der Waals surface area (Å²) in [6, 6.07) is 12.7. The third-order valence-corrected chi connectivity index (χ3v) is 3.03. The van der Waals surface area contributed by atoms with Gasteiger partial charge in [-0.05, 0) is 30.8 Å². The second-order valence-corrected chi connectivity index (χ2v) is 4.50. The van der Waals surface area contributed by atoms with Crippen LogP contribution >= 0.6 is 0 Å². The maximum atomic E-state index is 13.5. The molecule has 0 saturated carbocycles. The molecule has 0 aromatic heterocycles. The molecule has 0 aliphatic rings. The summed E-state index contributed by atoms with van der Waals surface area (Å²) in [5.74, 6) is -0.569. The first-order valence-corrected chi connectivity index (χ1v) is 6.46. The lowest BCUT2D eigenvalue weighted by molar-refractivity contribution is 0.0395. The molecule has 0 aliphatic heterocycles. The third-order valence-electron chi connectivity index (χ3n) is 3.03. The van der Waals surface area contributed by atoms with Gasteiger partial charge in [0.1, 0.15) is 11.6 Å². The summed E-state index contributed by atoms with van der Waals surface area (Å²) in [7, 11) is 1.81. The normalized spacial score (nSPS) is 12.3. The Balaban J connectivity index is 2.06. The van der Waals surface area contributed by atoms with Crippen molar-refractivity contribution in [3.8, 4) is 0 Å². The molecule has 0 radical (unpaired) electrons. The summed E-state index contributed by atoms with van der Waals surface area (Å²) in [5.41, 5.74) is 1.37. The minimum Gasteiger partial charge on any atom is -0.367 e. The van der Waals surface area contributed by atoms with Crippen LogP contribution in [0.5, 0.6) is 0 Å². The summed E-state index contributed by atoms with van der Waals surface area (Å²) in [6.07, 6.45) is -0.250. The third kappa shape index (κ3) is 3.85. The highest BCUT2D eigenvalue weighted by molar-refractivity contribution is 5.20. The lowest BCUT2D eigenvalue weighted by Crippen LogP contribution is -2.20. The largest absolute Gasteiger partial charge is 0.367 e. The summed E-state index contributed by atoms with van der Waals surface area (Å²) >= 11 is 0. The van der Waals surface area contributed by atoms with Crippen LogP contribution in [0.15, 0.2) is 48.5 Å². The zero-order valence-corrected chi connectivity index (χ0v) is 11.3. The summed E-state index contributed by atoms with van der Waals surface area (Å²) in [6.45, 7) is 0.747. The van der Waals surface area contributed by atoms with Crippen molar-refractivity contribution in [2.24, 2.45) is 0 Å². The standard InChI is InChI=1S/C16H17F2NO/c1-19-10-16(12-6-8-14(17)9-7-12)20-11-13-4-2-3-5-15(13)18/h2-9,16,19H,10-11H2,1H3. The minimum atomic E-state index is -0.286. The molecule has 2 nitrogen and oxygen atoms in total. The van der Waals surface area contributed by atoms with Gasteiger partial charge in [0.05, 0.1) is 12.7 Å². The second kappa shape index (κ2) is 7.12. The number of hydrogen-bond donors (Lipinski definition) is 1. The van der Waals surface area contributed by atoms with Crippen LogP contribution in [0.25, 0.3) is 0 Å². The van der Waals surface area contributed by atoms with Crippen molar-refractivity contribution >= 4 is 0 Å². The topological polar surface area (TPSA) is 21.3 Å². The predicted molar refractivity (Wildman–Crippen MR) is 74.3 cm³/mol. The van der Waals surface area contributed by atoms with Crippen molar-refractivity contribution in [2.75, 3.05) is 13.6 Å². The molecule has 1 unspecified atom stereocenters. The molecule has 2 aromatic carbocycles. The van der Waals surface area contributed by atoms with E-state index in [0.29, 0.717) is 12.1 Å². The number of hydrogen-bond acceptors (Lipinski definition) is 2. The van der Waals surface area contributed by atoms with E-state index in [4.69, 9.17) is 4.74 Å². The molecule has 0 amide bonds. The number of nitrogens with one attached hydrogen (secondary N) is 1. The molecule has 0 spiro atoms. The van der Waals surface area contributed by atoms with Gasteiger partial charge in [-0.3, -0.25) is 0 Å². The zero-order valence-electron chi connectivity index (χ0n) is 11.3. The predicted octanol–water partition coefficient (Wildman–Crippen LogP) is 3.44. The SMILES string of the molecule is CNCC(OCc1ccccc1F)c1ccc(F)cc1. The van der Waals surface area contributed by atoms with Gasteiger partial charge in [0.15, 0.2) is 0 Å². The summed E-state index contributed by atoms with van der Waals surface area (Å²) in [4.78, 5) is 0. The van der Waals surface area contributed by atoms with Crippen molar-refractivity contribution in [3.63, 3.8) is 0 Å². The maximum absolute atomic E-state index is 13.5. The van der Waals surface area contributed by atoms with E-state index in [1.54, 1.807) is 30.3 Å². The van der Waals surface area contributed by atoms with Gasteiger partial charge in [-0.2, -0.15) is 0 Å². The van der Waals surface area contributed by atoms with Gasteiger partial charge in [-0.25, -0.2) is 8.78 Å². The molecule has 20 heavy (non-hydrogen) atoms. The molecule has 0 aliphatic carbocycles. The van der Waals surface area contributed by atoms with E-state index in [0.717, 1.165) is 5.56 Å². The maximum Gasteiger partial charge on any atom is 0.128 e. The van der Waals surface area contributed by atoms with Crippen LogP contribution in [0.3, 0.4) is 0 Å². The van der Waals surface area contributed by atoms with E-state index >= 15 is 0 Å². The van der Waals surface area contributed by atoms with Crippen LogP contribution in [0.1, 0.15) is 17.2 Å². The number of halogens is 2. The highest BCUT2D eigenvalue weighted by atomic mass is 19.1. The van der Waals surface area contributed by atoms with E-state index < -0.39 is 0 Å². The van der Waals surface area contributed by atoms with Crippen LogP contribution in [0.4, 0.5) is 8.78 Å². The summed E-state index contributed by atoms with van der Waals surface area (Å²) < 4.78 is 32.2. The monoisotopic (exact) mass is 277 g/mol. The first-order valence-electron chi connectivity index (χ1n) is 6.46. The van der Waals surface area contributed by atoms with Crippen molar-refractivity contribution in [1.82, 2.24) is 5.32 Å². The summed E-state index contributed by atoms with van der Waals surface area (Å²) in [5, 5.41) is 3.02. The average Bonchev–Trinajstić information content (AvgIpc) is 2.46. The van der Waals surface area contributed by atoms with Gasteiger partial charge in [0.2, 0.25) is 0 Å². The van der Waals surface area contributed by atoms with Crippen molar-refractivity contribution < 1.29 is 13.5 Å². The van der Waals surface area contributed by atoms with Crippen LogP contribution in [-0.4, -0.2) is 13.6 Å². The zero-order chi connectivity index (χ0) is 14.4. The smallest absolute Gasteiger partial charge is 0.128 e. The molecule has 4 heteroatoms. The highest BCUT2D eigenvalue weighted by Crippen LogP contribution is 2.20. The molecule has 106 valence electrons. The fraction of sp³-hybridized carbons (Fsp3) is 0.250. The van der Waals surface area contributed by atoms with Gasteiger partial charge in [-0.1, -0.05) is 30.3 Å². The van der Waals surface area contributed by atoms with Crippen LogP contribution in [0.2, 0.25) is 0 Å². The first kappa shape index (κ1) is 14.6. The van der Waals surface area contributed by atoms with Gasteiger partial charge in [0.25, 0.3) is 0 Å².